The number of nitrogens with two attached hydrogens (primary N) is 1. The number of fused-ring (bicyclic) bond motifs is 1. The van der Waals surface area contributed by atoms with E-state index in [-0.39, 0.29) is 6.04 Å². The largest absolute Gasteiger partial charge is 0.324 e. The first kappa shape index (κ1) is 11.0. The minimum absolute atomic E-state index is 0.208. The highest BCUT2D eigenvalue weighted by molar-refractivity contribution is 7.14. The molecule has 0 saturated heterocycles. The first-order valence-corrected chi connectivity index (χ1v) is 6.88. The minimum atomic E-state index is 0.208. The summed E-state index contributed by atoms with van der Waals surface area (Å²) in [5.74, 6) is 0. The Morgan fingerprint density at radius 2 is 2.29 bits per heavy atom. The van der Waals surface area contributed by atoms with Crippen LogP contribution in [-0.2, 0) is 6.42 Å². The molecule has 2 heterocycles. The molecule has 1 aliphatic carbocycles. The van der Waals surface area contributed by atoms with Gasteiger partial charge in [0.15, 0.2) is 5.13 Å². The predicted molar refractivity (Wildman–Crippen MR) is 70.8 cm³/mol. The Hall–Kier alpha value is -1.13. The molecular formula is C13H17N3S. The molecule has 3 nitrogen and oxygen atoms in total. The molecule has 90 valence electrons. The van der Waals surface area contributed by atoms with Crippen LogP contribution in [0.4, 0.5) is 0 Å². The molecule has 1 unspecified atom stereocenters. The van der Waals surface area contributed by atoms with Gasteiger partial charge in [0.25, 0.3) is 0 Å². The highest BCUT2D eigenvalue weighted by Gasteiger charge is 2.23. The van der Waals surface area contributed by atoms with Gasteiger partial charge in [-0.05, 0) is 44.7 Å². The third kappa shape index (κ3) is 1.72. The summed E-state index contributed by atoms with van der Waals surface area (Å²) >= 11 is 1.74. The Balaban J connectivity index is 2.17. The SMILES string of the molecule is Cc1cnc(-n2c(C)cc3c2CCCC3N)s1. The van der Waals surface area contributed by atoms with Crippen LogP contribution in [0, 0.1) is 13.8 Å². The summed E-state index contributed by atoms with van der Waals surface area (Å²) in [7, 11) is 0. The van der Waals surface area contributed by atoms with Crippen molar-refractivity contribution in [3.63, 3.8) is 0 Å². The summed E-state index contributed by atoms with van der Waals surface area (Å²) in [4.78, 5) is 5.74. The second kappa shape index (κ2) is 3.96. The molecule has 0 saturated carbocycles. The molecule has 17 heavy (non-hydrogen) atoms. The van der Waals surface area contributed by atoms with Crippen LogP contribution in [0.3, 0.4) is 0 Å². The summed E-state index contributed by atoms with van der Waals surface area (Å²) in [5, 5.41) is 1.08. The highest BCUT2D eigenvalue weighted by atomic mass is 32.1. The van der Waals surface area contributed by atoms with E-state index in [4.69, 9.17) is 5.73 Å². The Bertz CT molecular complexity index is 553. The molecule has 0 fully saturated rings. The lowest BCUT2D eigenvalue weighted by Gasteiger charge is -2.20. The monoisotopic (exact) mass is 247 g/mol. The first-order chi connectivity index (χ1) is 8.16. The van der Waals surface area contributed by atoms with E-state index >= 15 is 0 Å². The van der Waals surface area contributed by atoms with Gasteiger partial charge in [-0.1, -0.05) is 0 Å². The van der Waals surface area contributed by atoms with Crippen molar-refractivity contribution in [2.45, 2.75) is 39.2 Å². The predicted octanol–water partition coefficient (Wildman–Crippen LogP) is 2.89. The molecule has 2 aromatic heterocycles. The van der Waals surface area contributed by atoms with Gasteiger partial charge in [-0.25, -0.2) is 4.98 Å². The van der Waals surface area contributed by atoms with Gasteiger partial charge in [0.1, 0.15) is 0 Å². The van der Waals surface area contributed by atoms with E-state index in [1.54, 1.807) is 11.3 Å². The molecule has 0 aliphatic heterocycles. The van der Waals surface area contributed by atoms with Crippen LogP contribution in [0.25, 0.3) is 5.13 Å². The Labute approximate surface area is 105 Å². The average Bonchev–Trinajstić information content (AvgIpc) is 2.82. The van der Waals surface area contributed by atoms with Crippen LogP contribution >= 0.6 is 11.3 Å². The van der Waals surface area contributed by atoms with Crippen LogP contribution in [0.15, 0.2) is 12.3 Å². The summed E-state index contributed by atoms with van der Waals surface area (Å²) in [5.41, 5.74) is 10.1. The van der Waals surface area contributed by atoms with Crippen molar-refractivity contribution in [1.29, 1.82) is 0 Å². The summed E-state index contributed by atoms with van der Waals surface area (Å²) in [6.07, 6.45) is 5.35. The van der Waals surface area contributed by atoms with Crippen LogP contribution in [0.2, 0.25) is 0 Å². The lowest BCUT2D eigenvalue weighted by Crippen LogP contribution is -2.17. The molecule has 1 aliphatic rings. The molecule has 3 rings (SSSR count). The van der Waals surface area contributed by atoms with Crippen LogP contribution in [0.5, 0.6) is 0 Å². The molecule has 1 atom stereocenters. The molecule has 0 spiro atoms. The highest BCUT2D eigenvalue weighted by Crippen LogP contribution is 2.33. The topological polar surface area (TPSA) is 43.8 Å². The number of nitrogens with zero attached hydrogens (tertiary/aromatic N) is 2. The Morgan fingerprint density at radius 3 is 3.00 bits per heavy atom. The standard InChI is InChI=1S/C13H17N3S/c1-8-6-10-11(14)4-3-5-12(10)16(8)13-15-7-9(2)17-13/h6-7,11H,3-5,14H2,1-2H3. The van der Waals surface area contributed by atoms with Crippen molar-refractivity contribution in [3.05, 3.63) is 34.1 Å². The second-order valence-electron chi connectivity index (χ2n) is 4.78. The minimum Gasteiger partial charge on any atom is -0.324 e. The maximum atomic E-state index is 6.18. The normalized spacial score (nSPS) is 19.4. The summed E-state index contributed by atoms with van der Waals surface area (Å²) < 4.78 is 2.28. The van der Waals surface area contributed by atoms with Gasteiger partial charge in [-0.15, -0.1) is 11.3 Å². The smallest absolute Gasteiger partial charge is 0.194 e. The van der Waals surface area contributed by atoms with Crippen LogP contribution < -0.4 is 5.73 Å². The molecule has 2 N–H and O–H groups in total. The van der Waals surface area contributed by atoms with Gasteiger partial charge < -0.3 is 5.73 Å². The zero-order chi connectivity index (χ0) is 12.0. The van der Waals surface area contributed by atoms with Gasteiger partial charge in [-0.3, -0.25) is 4.57 Å². The number of hydrogen-bond acceptors (Lipinski definition) is 3. The van der Waals surface area contributed by atoms with Crippen molar-refractivity contribution in [1.82, 2.24) is 9.55 Å². The first-order valence-electron chi connectivity index (χ1n) is 6.06. The van der Waals surface area contributed by atoms with Gasteiger partial charge in [-0.2, -0.15) is 0 Å². The third-order valence-corrected chi connectivity index (χ3v) is 4.35. The van der Waals surface area contributed by atoms with Crippen molar-refractivity contribution >= 4 is 11.3 Å². The molecule has 0 aromatic carbocycles. The fraction of sp³-hybridized carbons (Fsp3) is 0.462. The van der Waals surface area contributed by atoms with Gasteiger partial charge >= 0.3 is 0 Å². The zero-order valence-electron chi connectivity index (χ0n) is 10.2. The van der Waals surface area contributed by atoms with Crippen molar-refractivity contribution in [3.8, 4) is 5.13 Å². The zero-order valence-corrected chi connectivity index (χ0v) is 11.0. The van der Waals surface area contributed by atoms with Crippen molar-refractivity contribution in [2.24, 2.45) is 5.73 Å². The molecule has 4 heteroatoms. The van der Waals surface area contributed by atoms with E-state index in [2.05, 4.69) is 29.5 Å². The van der Waals surface area contributed by atoms with E-state index in [0.717, 1.165) is 18.0 Å². The van der Waals surface area contributed by atoms with E-state index in [1.165, 1.54) is 28.2 Å². The lowest BCUT2D eigenvalue weighted by molar-refractivity contribution is 0.559. The maximum absolute atomic E-state index is 6.18. The quantitative estimate of drug-likeness (QED) is 0.842. The molecule has 2 aromatic rings. The fourth-order valence-electron chi connectivity index (χ4n) is 2.65. The number of rotatable bonds is 1. The van der Waals surface area contributed by atoms with E-state index < -0.39 is 0 Å². The fourth-order valence-corrected chi connectivity index (χ4v) is 3.49. The molecule has 0 amide bonds. The number of hydrogen-bond donors (Lipinski definition) is 1. The van der Waals surface area contributed by atoms with Crippen LogP contribution in [0.1, 0.15) is 40.7 Å². The molecular weight excluding hydrogens is 230 g/mol. The van der Waals surface area contributed by atoms with E-state index in [0.29, 0.717) is 0 Å². The summed E-state index contributed by atoms with van der Waals surface area (Å²) in [6.45, 7) is 4.24. The number of thiazole rings is 1. The third-order valence-electron chi connectivity index (χ3n) is 3.45. The van der Waals surface area contributed by atoms with Crippen molar-refractivity contribution < 1.29 is 0 Å². The lowest BCUT2D eigenvalue weighted by atomic mass is 9.93. The van der Waals surface area contributed by atoms with Gasteiger partial charge in [0, 0.05) is 28.5 Å². The van der Waals surface area contributed by atoms with Crippen molar-refractivity contribution in [2.75, 3.05) is 0 Å². The van der Waals surface area contributed by atoms with E-state index in [1.807, 2.05) is 6.20 Å². The van der Waals surface area contributed by atoms with Crippen LogP contribution in [-0.4, -0.2) is 9.55 Å². The van der Waals surface area contributed by atoms with Gasteiger partial charge in [0.05, 0.1) is 0 Å². The Morgan fingerprint density at radius 1 is 1.47 bits per heavy atom. The Kier molecular flexibility index (Phi) is 2.56. The number of aryl methyl sites for hydroxylation is 2. The van der Waals surface area contributed by atoms with Gasteiger partial charge in [0.2, 0.25) is 0 Å². The summed E-state index contributed by atoms with van der Waals surface area (Å²) in [6, 6.07) is 2.44. The average molecular weight is 247 g/mol. The molecule has 0 bridgehead atoms. The maximum Gasteiger partial charge on any atom is 0.194 e. The molecule has 0 radical (unpaired) electrons. The van der Waals surface area contributed by atoms with E-state index in [9.17, 15) is 0 Å². The number of aromatic nitrogens is 2. The second-order valence-corrected chi connectivity index (χ2v) is 5.99.